The zero-order chi connectivity index (χ0) is 20.2. The number of nitrogens with zero attached hydrogens (tertiary/aromatic N) is 3. The van der Waals surface area contributed by atoms with E-state index in [2.05, 4.69) is 9.97 Å². The molecule has 0 fully saturated rings. The summed E-state index contributed by atoms with van der Waals surface area (Å²) in [5, 5.41) is -0.0691. The largest absolute Gasteiger partial charge is 0.481 e. The highest BCUT2D eigenvalue weighted by Crippen LogP contribution is 2.25. The quantitative estimate of drug-likeness (QED) is 0.561. The topological polar surface area (TPSA) is 81.6 Å². The molecule has 0 spiro atoms. The lowest BCUT2D eigenvalue weighted by Crippen LogP contribution is -2.37. The van der Waals surface area contributed by atoms with Gasteiger partial charge in [-0.25, -0.2) is 19.2 Å². The van der Waals surface area contributed by atoms with Crippen LogP contribution in [0.5, 0.6) is 5.88 Å². The SMILES string of the molecule is COc1ncc(F)cc1CN(C(=O)OC(C)(C)C)c1ccc(C=O)c(Cl)n1. The van der Waals surface area contributed by atoms with Gasteiger partial charge in [0.2, 0.25) is 5.88 Å². The molecule has 0 aliphatic carbocycles. The van der Waals surface area contributed by atoms with Crippen molar-refractivity contribution >= 4 is 29.8 Å². The maximum atomic E-state index is 13.6. The van der Waals surface area contributed by atoms with Crippen LogP contribution >= 0.6 is 11.6 Å². The Bertz CT molecular complexity index is 855. The third kappa shape index (κ3) is 5.37. The Morgan fingerprint density at radius 2 is 2.07 bits per heavy atom. The van der Waals surface area contributed by atoms with Gasteiger partial charge in [0, 0.05) is 5.56 Å². The molecule has 0 radical (unpaired) electrons. The minimum atomic E-state index is -0.772. The number of pyridine rings is 2. The van der Waals surface area contributed by atoms with Crippen LogP contribution in [0.15, 0.2) is 24.4 Å². The van der Waals surface area contributed by atoms with Gasteiger partial charge in [0.1, 0.15) is 22.4 Å². The first kappa shape index (κ1) is 20.6. The predicted octanol–water partition coefficient (Wildman–Crippen LogP) is 4.03. The van der Waals surface area contributed by atoms with E-state index in [0.717, 1.165) is 11.1 Å². The lowest BCUT2D eigenvalue weighted by Gasteiger charge is -2.27. The summed E-state index contributed by atoms with van der Waals surface area (Å²) in [5.74, 6) is -0.302. The summed E-state index contributed by atoms with van der Waals surface area (Å²) < 4.78 is 24.2. The molecule has 0 saturated heterocycles. The fourth-order valence-electron chi connectivity index (χ4n) is 2.17. The van der Waals surface area contributed by atoms with Crippen LogP contribution in [-0.2, 0) is 11.3 Å². The molecule has 0 aliphatic heterocycles. The second-order valence-electron chi connectivity index (χ2n) is 6.56. The highest BCUT2D eigenvalue weighted by Gasteiger charge is 2.26. The molecule has 2 aromatic heterocycles. The van der Waals surface area contributed by atoms with Gasteiger partial charge in [-0.15, -0.1) is 0 Å². The highest BCUT2D eigenvalue weighted by molar-refractivity contribution is 6.31. The average Bonchev–Trinajstić information content (AvgIpc) is 2.58. The Morgan fingerprint density at radius 3 is 2.63 bits per heavy atom. The zero-order valence-corrected chi connectivity index (χ0v) is 16.1. The van der Waals surface area contributed by atoms with Crippen LogP contribution < -0.4 is 9.64 Å². The number of amides is 1. The van der Waals surface area contributed by atoms with E-state index in [1.807, 2.05) is 0 Å². The number of hydrogen-bond donors (Lipinski definition) is 0. The third-order valence-electron chi connectivity index (χ3n) is 3.29. The molecular formula is C18H19ClFN3O4. The minimum absolute atomic E-state index is 0.0691. The van der Waals surface area contributed by atoms with Crippen LogP contribution in [0.25, 0.3) is 0 Å². The van der Waals surface area contributed by atoms with Gasteiger partial charge < -0.3 is 9.47 Å². The van der Waals surface area contributed by atoms with E-state index in [4.69, 9.17) is 21.1 Å². The summed E-state index contributed by atoms with van der Waals surface area (Å²) in [5.41, 5.74) is -0.290. The van der Waals surface area contributed by atoms with Crippen molar-refractivity contribution in [3.63, 3.8) is 0 Å². The Hall–Kier alpha value is -2.74. The number of aldehydes is 1. The number of carbonyl (C=O) groups excluding carboxylic acids is 2. The van der Waals surface area contributed by atoms with Gasteiger partial charge >= 0.3 is 6.09 Å². The monoisotopic (exact) mass is 395 g/mol. The summed E-state index contributed by atoms with van der Waals surface area (Å²) in [4.78, 5) is 32.7. The van der Waals surface area contributed by atoms with E-state index in [1.54, 1.807) is 20.8 Å². The van der Waals surface area contributed by atoms with Crippen molar-refractivity contribution in [1.29, 1.82) is 0 Å². The number of ether oxygens (including phenoxy) is 2. The molecule has 2 aromatic rings. The second kappa shape index (κ2) is 8.30. The highest BCUT2D eigenvalue weighted by atomic mass is 35.5. The lowest BCUT2D eigenvalue weighted by molar-refractivity contribution is 0.0576. The molecule has 2 rings (SSSR count). The summed E-state index contributed by atoms with van der Waals surface area (Å²) in [6.07, 6.45) is 0.834. The first-order valence-corrected chi connectivity index (χ1v) is 8.33. The molecule has 144 valence electrons. The maximum Gasteiger partial charge on any atom is 0.416 e. The van der Waals surface area contributed by atoms with Crippen LogP contribution in [0, 0.1) is 5.82 Å². The van der Waals surface area contributed by atoms with Crippen molar-refractivity contribution in [3.05, 3.63) is 46.5 Å². The van der Waals surface area contributed by atoms with Crippen LogP contribution in [0.2, 0.25) is 5.15 Å². The zero-order valence-electron chi connectivity index (χ0n) is 15.3. The van der Waals surface area contributed by atoms with E-state index in [0.29, 0.717) is 11.8 Å². The first-order chi connectivity index (χ1) is 12.6. The van der Waals surface area contributed by atoms with Gasteiger partial charge in [-0.3, -0.25) is 9.69 Å². The number of hydrogen-bond acceptors (Lipinski definition) is 6. The van der Waals surface area contributed by atoms with Gasteiger partial charge in [-0.2, -0.15) is 0 Å². The third-order valence-corrected chi connectivity index (χ3v) is 3.60. The van der Waals surface area contributed by atoms with Crippen molar-refractivity contribution in [2.24, 2.45) is 0 Å². The number of rotatable bonds is 5. The number of aromatic nitrogens is 2. The van der Waals surface area contributed by atoms with Crippen LogP contribution in [0.4, 0.5) is 15.0 Å². The van der Waals surface area contributed by atoms with Crippen molar-refractivity contribution in [2.75, 3.05) is 12.0 Å². The normalized spacial score (nSPS) is 11.0. The number of carbonyl (C=O) groups is 2. The van der Waals surface area contributed by atoms with Gasteiger partial charge in [-0.1, -0.05) is 11.6 Å². The Kier molecular flexibility index (Phi) is 6.32. The molecule has 0 bridgehead atoms. The molecule has 0 saturated carbocycles. The first-order valence-electron chi connectivity index (χ1n) is 7.95. The van der Waals surface area contributed by atoms with Crippen LogP contribution in [-0.4, -0.2) is 35.1 Å². The van der Waals surface area contributed by atoms with Gasteiger partial charge in [0.15, 0.2) is 6.29 Å². The van der Waals surface area contributed by atoms with Crippen molar-refractivity contribution in [2.45, 2.75) is 32.9 Å². The predicted molar refractivity (Wildman–Crippen MR) is 97.8 cm³/mol. The van der Waals surface area contributed by atoms with E-state index in [-0.39, 0.29) is 29.0 Å². The summed E-state index contributed by atoms with van der Waals surface area (Å²) in [6.45, 7) is 5.00. The van der Waals surface area contributed by atoms with Gasteiger partial charge in [0.05, 0.1) is 25.4 Å². The molecule has 1 amide bonds. The van der Waals surface area contributed by atoms with Crippen molar-refractivity contribution < 1.29 is 23.5 Å². The van der Waals surface area contributed by atoms with Crippen LogP contribution in [0.3, 0.4) is 0 Å². The second-order valence-corrected chi connectivity index (χ2v) is 6.91. The molecule has 0 aliphatic rings. The molecule has 0 atom stereocenters. The Morgan fingerprint density at radius 1 is 1.37 bits per heavy atom. The summed E-state index contributed by atoms with van der Waals surface area (Å²) in [7, 11) is 1.38. The van der Waals surface area contributed by atoms with Crippen LogP contribution in [0.1, 0.15) is 36.7 Å². The lowest BCUT2D eigenvalue weighted by atomic mass is 10.2. The van der Waals surface area contributed by atoms with Crippen molar-refractivity contribution in [1.82, 2.24) is 9.97 Å². The molecular weight excluding hydrogens is 377 g/mol. The molecule has 2 heterocycles. The number of anilines is 1. The molecule has 7 nitrogen and oxygen atoms in total. The molecule has 0 unspecified atom stereocenters. The maximum absolute atomic E-state index is 13.6. The Labute approximate surface area is 161 Å². The van der Waals surface area contributed by atoms with Gasteiger partial charge in [0.25, 0.3) is 0 Å². The number of halogens is 2. The number of methoxy groups -OCH3 is 1. The molecule has 9 heteroatoms. The molecule has 27 heavy (non-hydrogen) atoms. The molecule has 0 N–H and O–H groups in total. The van der Waals surface area contributed by atoms with Gasteiger partial charge in [-0.05, 0) is 39.0 Å². The Balaban J connectivity index is 2.47. The van der Waals surface area contributed by atoms with Crippen molar-refractivity contribution in [3.8, 4) is 5.88 Å². The van der Waals surface area contributed by atoms with E-state index in [9.17, 15) is 14.0 Å². The standard InChI is InChI=1S/C18H19ClFN3O4/c1-18(2,3)27-17(25)23(14-6-5-11(10-24)15(19)22-14)9-12-7-13(20)8-21-16(12)26-4/h5-8,10H,9H2,1-4H3. The fraction of sp³-hybridized carbons (Fsp3) is 0.333. The van der Waals surface area contributed by atoms with E-state index >= 15 is 0 Å². The average molecular weight is 396 g/mol. The molecule has 0 aromatic carbocycles. The van der Waals surface area contributed by atoms with E-state index in [1.165, 1.54) is 25.3 Å². The summed E-state index contributed by atoms with van der Waals surface area (Å²) in [6, 6.07) is 4.07. The summed E-state index contributed by atoms with van der Waals surface area (Å²) >= 11 is 5.98. The van der Waals surface area contributed by atoms with E-state index < -0.39 is 17.5 Å². The smallest absolute Gasteiger partial charge is 0.416 e. The minimum Gasteiger partial charge on any atom is -0.481 e. The fourth-order valence-corrected chi connectivity index (χ4v) is 2.36.